The van der Waals surface area contributed by atoms with Crippen molar-refractivity contribution in [3.05, 3.63) is 5.92 Å². The lowest BCUT2D eigenvalue weighted by Gasteiger charge is -1.73. The van der Waals surface area contributed by atoms with Crippen molar-refractivity contribution in [3.63, 3.8) is 0 Å². The minimum atomic E-state index is 1.08. The largest absolute Gasteiger partial charge is 0.459 e. The molecule has 0 heterocycles. The van der Waals surface area contributed by atoms with Gasteiger partial charge in [0.25, 0.3) is 7.11 Å². The van der Waals surface area contributed by atoms with Crippen LogP contribution in [0.1, 0.15) is 20.3 Å². The zero-order valence-corrected chi connectivity index (χ0v) is 5.19. The zero-order valence-electron chi connectivity index (χ0n) is 5.19. The molecule has 0 N–H and O–H groups in total. The summed E-state index contributed by atoms with van der Waals surface area (Å²) in [6.45, 7) is 4.15. The lowest BCUT2D eigenvalue weighted by molar-refractivity contribution is -0.414. The smallest absolute Gasteiger partial charge is 0.226 e. The molecule has 1 heteroatoms. The van der Waals surface area contributed by atoms with Gasteiger partial charge in [0.15, 0.2) is 0 Å². The standard InChI is InChI=1S/C6H12O/c1-4-6(2)5-7-3/h5H,4H2,1-3H3/q+2. The third-order valence-corrected chi connectivity index (χ3v) is 0.877. The number of aldehydes is 1. The highest BCUT2D eigenvalue weighted by Crippen LogP contribution is 1.95. The van der Waals surface area contributed by atoms with E-state index in [1.807, 2.05) is 6.92 Å². The van der Waals surface area contributed by atoms with Gasteiger partial charge in [-0.2, -0.15) is 0 Å². The molecule has 0 bridgehead atoms. The molecule has 0 aromatic heterocycles. The van der Waals surface area contributed by atoms with Gasteiger partial charge in [-0.25, -0.2) is 4.42 Å². The van der Waals surface area contributed by atoms with Crippen LogP contribution >= 0.6 is 0 Å². The molecule has 0 fully saturated rings. The molecule has 1 nitrogen and oxygen atoms in total. The maximum absolute atomic E-state index is 4.73. The first-order chi connectivity index (χ1) is 3.31. The van der Waals surface area contributed by atoms with E-state index in [4.69, 9.17) is 4.42 Å². The van der Waals surface area contributed by atoms with Crippen molar-refractivity contribution in [1.29, 1.82) is 0 Å². The quantitative estimate of drug-likeness (QED) is 0.282. The first kappa shape index (κ1) is 6.54. The van der Waals surface area contributed by atoms with Crippen LogP contribution < -0.4 is 0 Å². The van der Waals surface area contributed by atoms with Crippen molar-refractivity contribution in [2.45, 2.75) is 20.3 Å². The molecule has 0 aromatic carbocycles. The summed E-state index contributed by atoms with van der Waals surface area (Å²) in [4.78, 5) is 0. The molecule has 0 radical (unpaired) electrons. The van der Waals surface area contributed by atoms with E-state index >= 15 is 0 Å². The van der Waals surface area contributed by atoms with Crippen molar-refractivity contribution in [2.75, 3.05) is 7.11 Å². The van der Waals surface area contributed by atoms with E-state index in [0.29, 0.717) is 0 Å². The SMILES string of the molecule is CC[C+](C)C=[O+]C. The van der Waals surface area contributed by atoms with Crippen LogP contribution in [0.15, 0.2) is 0 Å². The molecule has 0 aliphatic rings. The van der Waals surface area contributed by atoms with Crippen LogP contribution in [0.2, 0.25) is 0 Å². The highest BCUT2D eigenvalue weighted by Gasteiger charge is 2.10. The zero-order chi connectivity index (χ0) is 5.70. The number of hydrogen-bond donors (Lipinski definition) is 0. The predicted octanol–water partition coefficient (Wildman–Crippen LogP) is 1.36. The molecule has 0 saturated carbocycles. The normalized spacial score (nSPS) is 10.1. The highest BCUT2D eigenvalue weighted by molar-refractivity contribution is 5.67. The summed E-state index contributed by atoms with van der Waals surface area (Å²) >= 11 is 0. The van der Waals surface area contributed by atoms with Crippen molar-refractivity contribution in [1.82, 2.24) is 0 Å². The van der Waals surface area contributed by atoms with Gasteiger partial charge >= 0.3 is 6.29 Å². The molecular formula is C6H12O+2. The molecule has 0 amide bonds. The van der Waals surface area contributed by atoms with E-state index in [9.17, 15) is 0 Å². The Morgan fingerprint density at radius 2 is 2.29 bits per heavy atom. The van der Waals surface area contributed by atoms with Gasteiger partial charge in [-0.1, -0.05) is 0 Å². The van der Waals surface area contributed by atoms with Crippen molar-refractivity contribution >= 4 is 6.29 Å². The fourth-order valence-electron chi connectivity index (χ4n) is 0.285. The summed E-state index contributed by atoms with van der Waals surface area (Å²) in [6, 6.07) is 0. The Labute approximate surface area is 45.0 Å². The Morgan fingerprint density at radius 1 is 1.71 bits per heavy atom. The monoisotopic (exact) mass is 100 g/mol. The summed E-state index contributed by atoms with van der Waals surface area (Å²) in [5.74, 6) is 1.28. The van der Waals surface area contributed by atoms with Crippen LogP contribution in [-0.2, 0) is 4.42 Å². The Bertz CT molecular complexity index is 57.2. The van der Waals surface area contributed by atoms with Gasteiger partial charge in [-0.05, 0) is 6.92 Å². The van der Waals surface area contributed by atoms with Crippen LogP contribution in [0.3, 0.4) is 0 Å². The maximum Gasteiger partial charge on any atom is 0.459 e. The minimum Gasteiger partial charge on any atom is -0.226 e. The molecular weight excluding hydrogens is 88.1 g/mol. The van der Waals surface area contributed by atoms with Crippen LogP contribution in [0.25, 0.3) is 0 Å². The van der Waals surface area contributed by atoms with E-state index in [2.05, 4.69) is 6.92 Å². The average molecular weight is 100 g/mol. The molecule has 0 unspecified atom stereocenters. The molecule has 0 atom stereocenters. The summed E-state index contributed by atoms with van der Waals surface area (Å²) < 4.78 is 4.73. The van der Waals surface area contributed by atoms with Gasteiger partial charge in [0.2, 0.25) is 5.92 Å². The Hall–Kier alpha value is -0.460. The maximum atomic E-state index is 4.73. The van der Waals surface area contributed by atoms with E-state index in [0.717, 1.165) is 6.42 Å². The molecule has 0 aliphatic carbocycles. The fraction of sp³-hybridized carbons (Fsp3) is 0.667. The van der Waals surface area contributed by atoms with E-state index in [1.54, 1.807) is 13.4 Å². The third kappa shape index (κ3) is 3.37. The topological polar surface area (TPSA) is 11.3 Å². The average Bonchev–Trinajstić information content (AvgIpc) is 1.68. The summed E-state index contributed by atoms with van der Waals surface area (Å²) in [5, 5.41) is 0. The number of hydrogen-bond acceptors (Lipinski definition) is 0. The first-order valence-corrected chi connectivity index (χ1v) is 2.49. The molecule has 0 aliphatic heterocycles. The van der Waals surface area contributed by atoms with Crippen molar-refractivity contribution in [2.24, 2.45) is 0 Å². The second kappa shape index (κ2) is 3.72. The lowest BCUT2D eigenvalue weighted by atomic mass is 10.2. The molecule has 40 valence electrons. The summed E-state index contributed by atoms with van der Waals surface area (Å²) in [5.41, 5.74) is 0. The van der Waals surface area contributed by atoms with Crippen molar-refractivity contribution in [3.8, 4) is 0 Å². The van der Waals surface area contributed by atoms with E-state index < -0.39 is 0 Å². The lowest BCUT2D eigenvalue weighted by Crippen LogP contribution is -1.90. The van der Waals surface area contributed by atoms with Crippen molar-refractivity contribution < 1.29 is 4.42 Å². The highest BCUT2D eigenvalue weighted by atomic mass is 16.4. The van der Waals surface area contributed by atoms with E-state index in [1.165, 1.54) is 5.92 Å². The Balaban J connectivity index is 3.16. The van der Waals surface area contributed by atoms with Crippen LogP contribution in [0.4, 0.5) is 0 Å². The Morgan fingerprint density at radius 3 is 2.43 bits per heavy atom. The van der Waals surface area contributed by atoms with Gasteiger partial charge in [0, 0.05) is 0 Å². The minimum absolute atomic E-state index is 1.08. The first-order valence-electron chi connectivity index (χ1n) is 2.49. The second-order valence-electron chi connectivity index (χ2n) is 1.55. The molecule has 0 aromatic rings. The van der Waals surface area contributed by atoms with Crippen LogP contribution in [-0.4, -0.2) is 13.4 Å². The fourth-order valence-corrected chi connectivity index (χ4v) is 0.285. The van der Waals surface area contributed by atoms with Crippen LogP contribution in [0, 0.1) is 5.92 Å². The van der Waals surface area contributed by atoms with Gasteiger partial charge in [-0.3, -0.25) is 0 Å². The van der Waals surface area contributed by atoms with Crippen LogP contribution in [0.5, 0.6) is 0 Å². The molecule has 7 heavy (non-hydrogen) atoms. The summed E-state index contributed by atoms with van der Waals surface area (Å²) in [6.07, 6.45) is 2.84. The molecule has 0 saturated heterocycles. The Kier molecular flexibility index (Phi) is 3.48. The third-order valence-electron chi connectivity index (χ3n) is 0.877. The van der Waals surface area contributed by atoms with E-state index in [-0.39, 0.29) is 0 Å². The predicted molar refractivity (Wildman–Crippen MR) is 31.2 cm³/mol. The van der Waals surface area contributed by atoms with Gasteiger partial charge in [-0.15, -0.1) is 0 Å². The number of rotatable bonds is 2. The number of carbonyl (C=O) groups excluding carboxylic acids is 1. The second-order valence-corrected chi connectivity index (χ2v) is 1.55. The molecule has 0 rings (SSSR count). The van der Waals surface area contributed by atoms with Gasteiger partial charge in [0.05, 0.1) is 6.92 Å². The summed E-state index contributed by atoms with van der Waals surface area (Å²) in [7, 11) is 1.67. The van der Waals surface area contributed by atoms with Gasteiger partial charge < -0.3 is 0 Å². The van der Waals surface area contributed by atoms with Gasteiger partial charge in [0.1, 0.15) is 6.42 Å². The molecule has 0 spiro atoms.